The van der Waals surface area contributed by atoms with E-state index in [9.17, 15) is 14.4 Å². The van der Waals surface area contributed by atoms with E-state index in [1.807, 2.05) is 0 Å². The van der Waals surface area contributed by atoms with Crippen molar-refractivity contribution in [2.24, 2.45) is 11.7 Å². The minimum absolute atomic E-state index is 0.112. The number of amides is 3. The highest BCUT2D eigenvalue weighted by atomic mass is 16.4. The van der Waals surface area contributed by atoms with Gasteiger partial charge >= 0.3 is 12.0 Å². The molecule has 0 spiro atoms. The van der Waals surface area contributed by atoms with Crippen LogP contribution in [0.4, 0.5) is 10.5 Å². The van der Waals surface area contributed by atoms with E-state index >= 15 is 0 Å². The molecule has 3 rings (SSSR count). The molecule has 1 aliphatic heterocycles. The lowest BCUT2D eigenvalue weighted by Crippen LogP contribution is -2.44. The number of fused-ring (bicyclic) bond motifs is 1. The Labute approximate surface area is 136 Å². The van der Waals surface area contributed by atoms with Crippen molar-refractivity contribution < 1.29 is 23.9 Å². The molecule has 1 unspecified atom stereocenters. The first-order chi connectivity index (χ1) is 11.5. The molecule has 0 aliphatic carbocycles. The van der Waals surface area contributed by atoms with Crippen LogP contribution in [0.1, 0.15) is 23.4 Å². The maximum absolute atomic E-state index is 12.5. The number of aromatic nitrogens is 1. The predicted octanol–water partition coefficient (Wildman–Crippen LogP) is 1.26. The second-order valence-corrected chi connectivity index (χ2v) is 5.58. The van der Waals surface area contributed by atoms with Gasteiger partial charge in [-0.3, -0.25) is 9.59 Å². The molecule has 0 radical (unpaired) electrons. The zero-order valence-electron chi connectivity index (χ0n) is 12.7. The third kappa shape index (κ3) is 2.87. The van der Waals surface area contributed by atoms with Gasteiger partial charge in [0.1, 0.15) is 5.69 Å². The second-order valence-electron chi connectivity index (χ2n) is 5.58. The van der Waals surface area contributed by atoms with Gasteiger partial charge in [0.25, 0.3) is 5.91 Å². The van der Waals surface area contributed by atoms with Crippen molar-refractivity contribution in [2.75, 3.05) is 18.4 Å². The number of nitrogens with zero attached hydrogens (tertiary/aromatic N) is 2. The maximum atomic E-state index is 12.5. The SMILES string of the molecule is NC(=O)c1oc2ncccc2c1NC(=O)N1CCCC(C(=O)O)C1. The molecule has 9 nitrogen and oxygen atoms in total. The van der Waals surface area contributed by atoms with E-state index < -0.39 is 23.8 Å². The Morgan fingerprint density at radius 3 is 2.92 bits per heavy atom. The highest BCUT2D eigenvalue weighted by molar-refractivity contribution is 6.09. The highest BCUT2D eigenvalue weighted by Crippen LogP contribution is 2.30. The number of carboxylic acid groups (broad SMARTS) is 1. The van der Waals surface area contributed by atoms with Crippen molar-refractivity contribution >= 4 is 34.7 Å². The Morgan fingerprint density at radius 2 is 2.21 bits per heavy atom. The van der Waals surface area contributed by atoms with E-state index in [0.717, 1.165) is 0 Å². The first kappa shape index (κ1) is 15.8. The summed E-state index contributed by atoms with van der Waals surface area (Å²) in [6.07, 6.45) is 2.62. The molecule has 0 aromatic carbocycles. The van der Waals surface area contributed by atoms with Crippen LogP contribution in [-0.4, -0.2) is 46.0 Å². The van der Waals surface area contributed by atoms with Crippen molar-refractivity contribution in [1.29, 1.82) is 0 Å². The molecule has 3 heterocycles. The van der Waals surface area contributed by atoms with Gasteiger partial charge in [-0.05, 0) is 25.0 Å². The molecule has 2 aromatic heterocycles. The van der Waals surface area contributed by atoms with Crippen molar-refractivity contribution in [3.63, 3.8) is 0 Å². The minimum Gasteiger partial charge on any atom is -0.481 e. The van der Waals surface area contributed by atoms with Crippen LogP contribution in [0.5, 0.6) is 0 Å². The fraction of sp³-hybridized carbons (Fsp3) is 0.333. The fourth-order valence-electron chi connectivity index (χ4n) is 2.78. The van der Waals surface area contributed by atoms with Crippen molar-refractivity contribution in [1.82, 2.24) is 9.88 Å². The van der Waals surface area contributed by atoms with E-state index in [0.29, 0.717) is 24.8 Å². The van der Waals surface area contributed by atoms with Crippen LogP contribution in [-0.2, 0) is 4.79 Å². The molecule has 1 saturated heterocycles. The van der Waals surface area contributed by atoms with Gasteiger partial charge < -0.3 is 25.5 Å². The summed E-state index contributed by atoms with van der Waals surface area (Å²) in [5.74, 6) is -2.54. The van der Waals surface area contributed by atoms with Crippen LogP contribution >= 0.6 is 0 Å². The van der Waals surface area contributed by atoms with Gasteiger partial charge in [0.05, 0.1) is 11.3 Å². The molecule has 24 heavy (non-hydrogen) atoms. The van der Waals surface area contributed by atoms with Crippen LogP contribution in [0, 0.1) is 5.92 Å². The fourth-order valence-corrected chi connectivity index (χ4v) is 2.78. The number of carbonyl (C=O) groups is 3. The van der Waals surface area contributed by atoms with Gasteiger partial charge in [-0.15, -0.1) is 0 Å². The number of carbonyl (C=O) groups excluding carboxylic acids is 2. The monoisotopic (exact) mass is 332 g/mol. The predicted molar refractivity (Wildman–Crippen MR) is 83.5 cm³/mol. The Hall–Kier alpha value is -3.10. The molecular weight excluding hydrogens is 316 g/mol. The quantitative estimate of drug-likeness (QED) is 0.773. The van der Waals surface area contributed by atoms with Crippen LogP contribution in [0.15, 0.2) is 22.7 Å². The van der Waals surface area contributed by atoms with Gasteiger partial charge in [-0.1, -0.05) is 0 Å². The van der Waals surface area contributed by atoms with Crippen LogP contribution in [0.3, 0.4) is 0 Å². The Kier molecular flexibility index (Phi) is 4.07. The summed E-state index contributed by atoms with van der Waals surface area (Å²) in [5.41, 5.74) is 5.62. The lowest BCUT2D eigenvalue weighted by molar-refractivity contribution is -0.143. The summed E-state index contributed by atoms with van der Waals surface area (Å²) in [4.78, 5) is 40.5. The summed E-state index contributed by atoms with van der Waals surface area (Å²) < 4.78 is 5.30. The number of furan rings is 1. The standard InChI is InChI=1S/C15H16N4O5/c16-12(20)11-10(9-4-1-5-17-13(9)24-11)18-15(23)19-6-2-3-8(7-19)14(21)22/h1,4-5,8H,2-3,6-7H2,(H2,16,20)(H,18,23)(H,21,22). The molecular formula is C15H16N4O5. The van der Waals surface area contributed by atoms with Crippen LogP contribution in [0.25, 0.3) is 11.1 Å². The molecule has 2 aromatic rings. The number of nitrogens with one attached hydrogen (secondary N) is 1. The molecule has 1 aliphatic rings. The molecule has 4 N–H and O–H groups in total. The minimum atomic E-state index is -0.928. The van der Waals surface area contributed by atoms with E-state index in [2.05, 4.69) is 10.3 Å². The van der Waals surface area contributed by atoms with E-state index in [1.54, 1.807) is 12.1 Å². The first-order valence-electron chi connectivity index (χ1n) is 7.43. The molecule has 126 valence electrons. The first-order valence-corrected chi connectivity index (χ1v) is 7.43. The number of carboxylic acids is 1. The van der Waals surface area contributed by atoms with Gasteiger partial charge in [0.15, 0.2) is 0 Å². The summed E-state index contributed by atoms with van der Waals surface area (Å²) in [6, 6.07) is 2.78. The normalized spacial score (nSPS) is 17.7. The molecule has 0 saturated carbocycles. The number of hydrogen-bond acceptors (Lipinski definition) is 5. The second kappa shape index (κ2) is 6.19. The van der Waals surface area contributed by atoms with Crippen molar-refractivity contribution in [2.45, 2.75) is 12.8 Å². The van der Waals surface area contributed by atoms with E-state index in [4.69, 9.17) is 15.3 Å². The number of likely N-dealkylation sites (tertiary alicyclic amines) is 1. The summed E-state index contributed by atoms with van der Waals surface area (Å²) >= 11 is 0. The number of piperidine rings is 1. The van der Waals surface area contributed by atoms with Crippen molar-refractivity contribution in [3.8, 4) is 0 Å². The smallest absolute Gasteiger partial charge is 0.321 e. The van der Waals surface area contributed by atoms with Gasteiger partial charge in [0, 0.05) is 19.3 Å². The number of primary amides is 1. The number of hydrogen-bond donors (Lipinski definition) is 3. The Morgan fingerprint density at radius 1 is 1.42 bits per heavy atom. The Bertz CT molecular complexity index is 815. The molecule has 1 fully saturated rings. The van der Waals surface area contributed by atoms with Gasteiger partial charge in [0.2, 0.25) is 11.5 Å². The van der Waals surface area contributed by atoms with E-state index in [-0.39, 0.29) is 23.7 Å². The summed E-state index contributed by atoms with van der Waals surface area (Å²) in [6.45, 7) is 0.552. The third-order valence-corrected chi connectivity index (χ3v) is 3.98. The number of rotatable bonds is 3. The summed E-state index contributed by atoms with van der Waals surface area (Å²) in [7, 11) is 0. The summed E-state index contributed by atoms with van der Waals surface area (Å²) in [5, 5.41) is 12.2. The van der Waals surface area contributed by atoms with Gasteiger partial charge in [-0.25, -0.2) is 9.78 Å². The third-order valence-electron chi connectivity index (χ3n) is 3.98. The van der Waals surface area contributed by atoms with Crippen LogP contribution in [0.2, 0.25) is 0 Å². The maximum Gasteiger partial charge on any atom is 0.321 e. The average Bonchev–Trinajstić information content (AvgIpc) is 2.94. The zero-order chi connectivity index (χ0) is 17.3. The lowest BCUT2D eigenvalue weighted by Gasteiger charge is -2.30. The molecule has 9 heteroatoms. The molecule has 1 atom stereocenters. The van der Waals surface area contributed by atoms with Crippen molar-refractivity contribution in [3.05, 3.63) is 24.1 Å². The number of aliphatic carboxylic acids is 1. The number of anilines is 1. The number of nitrogens with two attached hydrogens (primary N) is 1. The van der Waals surface area contributed by atoms with Gasteiger partial charge in [-0.2, -0.15) is 0 Å². The largest absolute Gasteiger partial charge is 0.481 e. The lowest BCUT2D eigenvalue weighted by atomic mass is 9.99. The Balaban J connectivity index is 1.86. The average molecular weight is 332 g/mol. The molecule has 3 amide bonds. The topological polar surface area (TPSA) is 139 Å². The number of urea groups is 1. The molecule has 0 bridgehead atoms. The van der Waals surface area contributed by atoms with E-state index in [1.165, 1.54) is 11.1 Å². The highest BCUT2D eigenvalue weighted by Gasteiger charge is 2.29. The zero-order valence-corrected chi connectivity index (χ0v) is 12.7. The van der Waals surface area contributed by atoms with Crippen LogP contribution < -0.4 is 11.1 Å². The number of pyridine rings is 1.